The monoisotopic (exact) mass is 553 g/mol. The number of aliphatic hydroxyl groups excluding tert-OH is 2. The van der Waals surface area contributed by atoms with E-state index in [0.29, 0.717) is 11.5 Å². The molecule has 206 valence electrons. The summed E-state index contributed by atoms with van der Waals surface area (Å²) in [5.74, 6) is 0.228. The molecule has 0 bridgehead atoms. The molecule has 3 aromatic rings. The highest BCUT2D eigenvalue weighted by Gasteiger charge is 2.42. The summed E-state index contributed by atoms with van der Waals surface area (Å²) in [6.07, 6.45) is -2.06. The van der Waals surface area contributed by atoms with Crippen molar-refractivity contribution in [3.63, 3.8) is 0 Å². The molecule has 1 unspecified atom stereocenters. The highest BCUT2D eigenvalue weighted by Crippen LogP contribution is 2.51. The number of aryl methyl sites for hydroxylation is 1. The van der Waals surface area contributed by atoms with Gasteiger partial charge in [0.05, 0.1) is 26.9 Å². The Hall–Kier alpha value is -2.83. The predicted molar refractivity (Wildman–Crippen MR) is 131 cm³/mol. The number of hydrogen-bond acceptors (Lipinski definition) is 14. The first-order valence-electron chi connectivity index (χ1n) is 11.2. The van der Waals surface area contributed by atoms with E-state index in [2.05, 4.69) is 24.9 Å². The minimum atomic E-state index is -3.49. The number of aliphatic hydroxyl groups is 2. The number of nitrogens with zero attached hydrogens (tertiary/aromatic N) is 6. The molecule has 0 amide bonds. The van der Waals surface area contributed by atoms with Crippen molar-refractivity contribution >= 4 is 32.5 Å². The Morgan fingerprint density at radius 3 is 2.66 bits per heavy atom. The van der Waals surface area contributed by atoms with Gasteiger partial charge in [-0.2, -0.15) is 4.98 Å². The Morgan fingerprint density at radius 2 is 1.92 bits per heavy atom. The van der Waals surface area contributed by atoms with Crippen molar-refractivity contribution in [3.8, 4) is 0 Å². The van der Waals surface area contributed by atoms with Crippen molar-refractivity contribution in [2.24, 2.45) is 0 Å². The molecule has 17 nitrogen and oxygen atoms in total. The summed E-state index contributed by atoms with van der Waals surface area (Å²) < 4.78 is 25.7. The third-order valence-electron chi connectivity index (χ3n) is 6.05. The smallest absolute Gasteiger partial charge is 0.354 e. The number of H-pyrrole nitrogens is 1. The van der Waals surface area contributed by atoms with E-state index in [1.807, 2.05) is 0 Å². The molecule has 0 saturated carbocycles. The first-order valence-corrected chi connectivity index (χ1v) is 12.3. The number of aromatic nitrogens is 7. The number of nitrogens with one attached hydrogen (secondary N) is 1. The van der Waals surface area contributed by atoms with Crippen molar-refractivity contribution in [2.75, 3.05) is 18.9 Å². The molecule has 5 N–H and O–H groups in total. The summed E-state index contributed by atoms with van der Waals surface area (Å²) in [6.45, 7) is 1.00. The molecule has 2 aliphatic rings. The summed E-state index contributed by atoms with van der Waals surface area (Å²) in [6, 6.07) is 0. The molecule has 0 aromatic carbocycles. The van der Waals surface area contributed by atoms with Gasteiger partial charge in [-0.15, -0.1) is 0 Å². The lowest BCUT2D eigenvalue weighted by atomic mass is 10.2. The zero-order chi connectivity index (χ0) is 27.2. The SMILES string of the molecule is [BH3-][P+]([O-])(OC[C@H]1O[C@@H](n2cnc3c(=O)[nH]c(C)nc32)C[C@H]1O)O[C@@H]1C[C@H](n2cnc(N)nc2=O)O[C@@H]1CO. The standard InChI is InChI=1S/C19H27BN8O9P/c1-8-24-16-15(17(31)25-8)22-6-27(16)13-2-9(30)12(36-13)5-34-38(20,33)37-10-3-14(35-11(10)4-29)28-7-23-18(21)26-19(28)32/h6-7,9-14,29-30H,2-5H2,1,20H3,(H2,21,26,32)(H,24,25,31)/q-1/t9-,10-,11-,12-,13-,14-,38?/m1/s1. The highest BCUT2D eigenvalue weighted by atomic mass is 31.2. The molecule has 2 saturated heterocycles. The van der Waals surface area contributed by atoms with E-state index in [0.717, 1.165) is 4.57 Å². The molecule has 0 radical (unpaired) electrons. The molecular formula is C19H27BN8O9P-. The molecular weight excluding hydrogens is 526 g/mol. The van der Waals surface area contributed by atoms with E-state index < -0.39 is 64.6 Å². The average Bonchev–Trinajstić information content (AvgIpc) is 3.54. The van der Waals surface area contributed by atoms with Crippen molar-refractivity contribution in [1.29, 1.82) is 0 Å². The highest BCUT2D eigenvalue weighted by molar-refractivity contribution is 7.83. The Morgan fingerprint density at radius 1 is 1.21 bits per heavy atom. The van der Waals surface area contributed by atoms with Gasteiger partial charge in [0.1, 0.15) is 49.5 Å². The Balaban J connectivity index is 1.21. The number of anilines is 1. The second-order valence-electron chi connectivity index (χ2n) is 8.52. The minimum Gasteiger partial charge on any atom is -0.670 e. The van der Waals surface area contributed by atoms with Crippen LogP contribution in [0.1, 0.15) is 31.1 Å². The molecule has 5 heterocycles. The van der Waals surface area contributed by atoms with Gasteiger partial charge in [0, 0.05) is 12.8 Å². The van der Waals surface area contributed by atoms with Crippen LogP contribution in [0.3, 0.4) is 0 Å². The predicted octanol–water partition coefficient (Wildman–Crippen LogP) is -3.60. The van der Waals surface area contributed by atoms with Crippen LogP contribution in [0, 0.1) is 6.92 Å². The topological polar surface area (TPSA) is 238 Å². The number of ether oxygens (including phenoxy) is 2. The quantitative estimate of drug-likeness (QED) is 0.156. The maximum Gasteiger partial charge on any atom is 0.354 e. The molecule has 7 atom stereocenters. The van der Waals surface area contributed by atoms with Gasteiger partial charge in [-0.1, -0.05) is 0 Å². The van der Waals surface area contributed by atoms with E-state index >= 15 is 0 Å². The lowest BCUT2D eigenvalue weighted by Crippen LogP contribution is -2.33. The van der Waals surface area contributed by atoms with Gasteiger partial charge < -0.3 is 35.3 Å². The summed E-state index contributed by atoms with van der Waals surface area (Å²) in [4.78, 5) is 55.8. The molecule has 0 spiro atoms. The molecule has 38 heavy (non-hydrogen) atoms. The Labute approximate surface area is 215 Å². The lowest BCUT2D eigenvalue weighted by Gasteiger charge is -2.35. The van der Waals surface area contributed by atoms with E-state index in [1.54, 1.807) is 11.5 Å². The zero-order valence-corrected chi connectivity index (χ0v) is 20.3. The van der Waals surface area contributed by atoms with Gasteiger partial charge in [0.15, 0.2) is 18.7 Å². The van der Waals surface area contributed by atoms with Gasteiger partial charge in [0.25, 0.3) is 5.56 Å². The summed E-state index contributed by atoms with van der Waals surface area (Å²) in [7, 11) is -4.51. The Bertz CT molecular complexity index is 1430. The van der Waals surface area contributed by atoms with Gasteiger partial charge in [-0.25, -0.2) is 19.7 Å². The number of rotatable bonds is 8. The molecule has 2 aliphatic heterocycles. The number of imidazole rings is 1. The molecule has 5 rings (SSSR count). The van der Waals surface area contributed by atoms with Crippen molar-refractivity contribution < 1.29 is 33.6 Å². The fourth-order valence-electron chi connectivity index (χ4n) is 4.26. The fraction of sp³-hybridized carbons (Fsp3) is 0.579. The lowest BCUT2D eigenvalue weighted by molar-refractivity contribution is -0.219. The largest absolute Gasteiger partial charge is 0.670 e. The third-order valence-corrected chi connectivity index (χ3v) is 6.85. The van der Waals surface area contributed by atoms with Crippen molar-refractivity contribution in [2.45, 2.75) is 56.6 Å². The molecule has 2 fully saturated rings. The second-order valence-corrected chi connectivity index (χ2v) is 9.44. The maximum atomic E-state index is 13.2. The van der Waals surface area contributed by atoms with Crippen LogP contribution < -0.4 is 21.9 Å². The number of nitrogens with two attached hydrogens (primary N) is 1. The van der Waals surface area contributed by atoms with Crippen LogP contribution in [0.2, 0.25) is 0 Å². The maximum absolute atomic E-state index is 13.2. The zero-order valence-electron chi connectivity index (χ0n) is 19.4. The van der Waals surface area contributed by atoms with Crippen LogP contribution >= 0.6 is 7.82 Å². The Kier molecular flexibility index (Phi) is 7.32. The van der Waals surface area contributed by atoms with Crippen LogP contribution in [0.15, 0.2) is 22.2 Å². The first-order chi connectivity index (χ1) is 18.0. The molecule has 3 aromatic heterocycles. The first kappa shape index (κ1) is 26.8. The summed E-state index contributed by atoms with van der Waals surface area (Å²) in [5, 5.41) is 20.3. The number of hydrogen-bond donors (Lipinski definition) is 4. The third kappa shape index (κ3) is 5.34. The van der Waals surface area contributed by atoms with Gasteiger partial charge in [0.2, 0.25) is 5.95 Å². The molecule has 0 aliphatic carbocycles. The van der Waals surface area contributed by atoms with Gasteiger partial charge in [-0.05, 0) is 6.92 Å². The van der Waals surface area contributed by atoms with E-state index in [-0.39, 0.29) is 36.5 Å². The van der Waals surface area contributed by atoms with Crippen LogP contribution in [-0.4, -0.2) is 89.5 Å². The number of aromatic amines is 1. The average molecular weight is 553 g/mol. The van der Waals surface area contributed by atoms with E-state index in [4.69, 9.17) is 24.3 Å². The normalized spacial score (nSPS) is 29.2. The second kappa shape index (κ2) is 10.4. The number of fused-ring (bicyclic) bond motifs is 1. The van der Waals surface area contributed by atoms with Gasteiger partial charge >= 0.3 is 5.69 Å². The van der Waals surface area contributed by atoms with Crippen LogP contribution in [0.25, 0.3) is 11.2 Å². The van der Waals surface area contributed by atoms with Crippen LogP contribution in [0.5, 0.6) is 0 Å². The number of nitrogen functional groups attached to an aromatic ring is 1. The van der Waals surface area contributed by atoms with Gasteiger partial charge in [-0.3, -0.25) is 23.0 Å². The van der Waals surface area contributed by atoms with Crippen LogP contribution in [0.4, 0.5) is 5.95 Å². The van der Waals surface area contributed by atoms with E-state index in [1.165, 1.54) is 12.7 Å². The van der Waals surface area contributed by atoms with E-state index in [9.17, 15) is 24.7 Å². The fourth-order valence-corrected chi connectivity index (χ4v) is 5.03. The molecule has 19 heteroatoms. The summed E-state index contributed by atoms with van der Waals surface area (Å²) >= 11 is 0. The minimum absolute atomic E-state index is 0.0990. The van der Waals surface area contributed by atoms with Crippen LogP contribution in [-0.2, 0) is 18.5 Å². The van der Waals surface area contributed by atoms with Crippen molar-refractivity contribution in [1.82, 2.24) is 34.1 Å². The summed E-state index contributed by atoms with van der Waals surface area (Å²) in [5.41, 5.74) is 4.84. The van der Waals surface area contributed by atoms with Crippen molar-refractivity contribution in [3.05, 3.63) is 39.3 Å².